The summed E-state index contributed by atoms with van der Waals surface area (Å²) in [6, 6.07) is 14.9. The van der Waals surface area contributed by atoms with Gasteiger partial charge in [0.25, 0.3) is 0 Å². The number of carbonyl (C=O) groups excluding carboxylic acids is 2. The normalized spacial score (nSPS) is 15.3. The number of hydrogen-bond acceptors (Lipinski definition) is 7. The van der Waals surface area contributed by atoms with Gasteiger partial charge < -0.3 is 14.4 Å². The Kier molecular flexibility index (Phi) is 14.3. The first-order chi connectivity index (χ1) is 23.1. The number of piperazine rings is 1. The first kappa shape index (κ1) is 35.2. The summed E-state index contributed by atoms with van der Waals surface area (Å²) in [7, 11) is 0. The van der Waals surface area contributed by atoms with Crippen molar-refractivity contribution in [1.29, 1.82) is 0 Å². The summed E-state index contributed by atoms with van der Waals surface area (Å²) < 4.78 is 13.1. The highest BCUT2D eigenvalue weighted by atomic mass is 32.1. The quantitative estimate of drug-likeness (QED) is 0.0890. The molecule has 0 unspecified atom stereocenters. The molecule has 0 N–H and O–H groups in total. The maximum absolute atomic E-state index is 12.8. The van der Waals surface area contributed by atoms with Crippen LogP contribution in [-0.4, -0.2) is 62.8 Å². The topological polar surface area (TPSA) is 62.3 Å². The van der Waals surface area contributed by atoms with E-state index in [1.807, 2.05) is 29.5 Å². The van der Waals surface area contributed by atoms with E-state index in [1.54, 1.807) is 4.90 Å². The van der Waals surface area contributed by atoms with Crippen molar-refractivity contribution < 1.29 is 19.1 Å². The van der Waals surface area contributed by atoms with Crippen molar-refractivity contribution in [3.05, 3.63) is 53.4 Å². The van der Waals surface area contributed by atoms with E-state index < -0.39 is 0 Å². The molecule has 2 aliphatic heterocycles. The molecule has 1 saturated heterocycles. The SMILES string of the molecule is CCCCCCCCCCCCC(=O)OCN1C(=O)CCc2ccc(OCCCCN3CCN(c4cccc5sccc45)CC3)cc21. The molecule has 0 radical (unpaired) electrons. The van der Waals surface area contributed by atoms with Gasteiger partial charge in [-0.25, -0.2) is 0 Å². The molecule has 0 bridgehead atoms. The van der Waals surface area contributed by atoms with Crippen LogP contribution >= 0.6 is 11.3 Å². The van der Waals surface area contributed by atoms with Crippen LogP contribution in [0.25, 0.3) is 10.1 Å². The fraction of sp³-hybridized carbons (Fsp3) is 0.590. The number of nitrogens with zero attached hydrogens (tertiary/aromatic N) is 3. The van der Waals surface area contributed by atoms with Gasteiger partial charge in [0.1, 0.15) is 5.75 Å². The average Bonchev–Trinajstić information content (AvgIpc) is 3.58. The number of hydrogen-bond donors (Lipinski definition) is 0. The minimum Gasteiger partial charge on any atom is -0.494 e. The van der Waals surface area contributed by atoms with Crippen LogP contribution in [0.3, 0.4) is 0 Å². The standard InChI is InChI=1S/C39H55N3O4S/c1-2-3-4-5-6-7-8-9-10-11-17-39(44)46-31-42-36-30-33(20-18-32(36)19-21-38(42)43)45-28-13-12-23-40-24-26-41(27-25-40)35-15-14-16-37-34(35)22-29-47-37/h14-16,18,20,22,29-30H,2-13,17,19,21,23-28,31H2,1H3. The fourth-order valence-electron chi connectivity index (χ4n) is 6.81. The van der Waals surface area contributed by atoms with Crippen LogP contribution in [0.5, 0.6) is 5.75 Å². The van der Waals surface area contributed by atoms with Crippen LogP contribution in [0.4, 0.5) is 11.4 Å². The van der Waals surface area contributed by atoms with E-state index in [0.29, 0.717) is 25.9 Å². The number of ether oxygens (including phenoxy) is 2. The number of carbonyl (C=O) groups is 2. The van der Waals surface area contributed by atoms with Crippen molar-refractivity contribution in [2.75, 3.05) is 55.9 Å². The zero-order chi connectivity index (χ0) is 32.7. The van der Waals surface area contributed by atoms with Crippen LogP contribution in [0.15, 0.2) is 47.8 Å². The minimum atomic E-state index is -0.224. The van der Waals surface area contributed by atoms with Crippen molar-refractivity contribution in [3.63, 3.8) is 0 Å². The molecule has 256 valence electrons. The van der Waals surface area contributed by atoms with Crippen LogP contribution in [0.2, 0.25) is 0 Å². The van der Waals surface area contributed by atoms with Crippen molar-refractivity contribution in [1.82, 2.24) is 4.90 Å². The monoisotopic (exact) mass is 661 g/mol. The van der Waals surface area contributed by atoms with E-state index >= 15 is 0 Å². The molecular weight excluding hydrogens is 607 g/mol. The molecule has 1 amide bonds. The number of unbranched alkanes of at least 4 members (excludes halogenated alkanes) is 10. The third kappa shape index (κ3) is 10.7. The number of thiophene rings is 1. The number of aryl methyl sites for hydroxylation is 1. The second kappa shape index (κ2) is 19.0. The first-order valence-electron chi connectivity index (χ1n) is 18.3. The zero-order valence-corrected chi connectivity index (χ0v) is 29.4. The van der Waals surface area contributed by atoms with Gasteiger partial charge in [-0.1, -0.05) is 76.8 Å². The van der Waals surface area contributed by atoms with Crippen LogP contribution in [0.1, 0.15) is 102 Å². The molecule has 0 aliphatic carbocycles. The predicted molar refractivity (Wildman–Crippen MR) is 195 cm³/mol. The molecule has 1 aromatic heterocycles. The Morgan fingerprint density at radius 1 is 0.809 bits per heavy atom. The van der Waals surface area contributed by atoms with Crippen molar-refractivity contribution in [3.8, 4) is 5.75 Å². The van der Waals surface area contributed by atoms with E-state index in [1.165, 1.54) is 67.1 Å². The highest BCUT2D eigenvalue weighted by Gasteiger charge is 2.26. The summed E-state index contributed by atoms with van der Waals surface area (Å²) in [6.07, 6.45) is 15.9. The Morgan fingerprint density at radius 3 is 2.36 bits per heavy atom. The molecule has 3 heterocycles. The van der Waals surface area contributed by atoms with E-state index in [2.05, 4.69) is 46.4 Å². The van der Waals surface area contributed by atoms with Gasteiger partial charge in [0.2, 0.25) is 5.91 Å². The molecule has 3 aromatic rings. The van der Waals surface area contributed by atoms with Gasteiger partial charge in [0, 0.05) is 60.9 Å². The molecule has 8 heteroatoms. The molecule has 0 atom stereocenters. The molecule has 2 aliphatic rings. The first-order valence-corrected chi connectivity index (χ1v) is 19.2. The van der Waals surface area contributed by atoms with Gasteiger partial charge in [0.15, 0.2) is 6.73 Å². The maximum Gasteiger partial charge on any atom is 0.307 e. The van der Waals surface area contributed by atoms with E-state index in [4.69, 9.17) is 9.47 Å². The fourth-order valence-corrected chi connectivity index (χ4v) is 7.62. The van der Waals surface area contributed by atoms with Crippen molar-refractivity contribution >= 4 is 44.7 Å². The second-order valence-electron chi connectivity index (χ2n) is 13.2. The highest BCUT2D eigenvalue weighted by Crippen LogP contribution is 2.33. The van der Waals surface area contributed by atoms with E-state index in [-0.39, 0.29) is 18.6 Å². The van der Waals surface area contributed by atoms with Gasteiger partial charge in [-0.3, -0.25) is 19.4 Å². The lowest BCUT2D eigenvalue weighted by Gasteiger charge is -2.36. The number of benzene rings is 2. The van der Waals surface area contributed by atoms with Crippen LogP contribution in [-0.2, 0) is 20.7 Å². The summed E-state index contributed by atoms with van der Waals surface area (Å²) in [5.74, 6) is 0.531. The Labute approximate surface area is 286 Å². The Hall–Kier alpha value is -3.10. The van der Waals surface area contributed by atoms with Crippen molar-refractivity contribution in [2.24, 2.45) is 0 Å². The Balaban J connectivity index is 0.965. The molecule has 47 heavy (non-hydrogen) atoms. The Bertz CT molecular complexity index is 1400. The van der Waals surface area contributed by atoms with Gasteiger partial charge >= 0.3 is 5.97 Å². The summed E-state index contributed by atoms with van der Waals surface area (Å²) in [5.41, 5.74) is 3.27. The minimum absolute atomic E-state index is 0.00603. The molecule has 0 saturated carbocycles. The van der Waals surface area contributed by atoms with Crippen LogP contribution in [0, 0.1) is 0 Å². The third-order valence-corrected chi connectivity index (χ3v) is 10.6. The summed E-state index contributed by atoms with van der Waals surface area (Å²) in [5, 5.41) is 3.56. The van der Waals surface area contributed by atoms with Gasteiger partial charge in [-0.15, -0.1) is 11.3 Å². The average molecular weight is 662 g/mol. The number of fused-ring (bicyclic) bond motifs is 2. The number of rotatable bonds is 20. The lowest BCUT2D eigenvalue weighted by Crippen LogP contribution is -2.46. The summed E-state index contributed by atoms with van der Waals surface area (Å²) in [6.45, 7) is 8.23. The molecule has 7 nitrogen and oxygen atoms in total. The Morgan fingerprint density at radius 2 is 1.57 bits per heavy atom. The van der Waals surface area contributed by atoms with Gasteiger partial charge in [-0.05, 0) is 67.4 Å². The zero-order valence-electron chi connectivity index (χ0n) is 28.6. The predicted octanol–water partition coefficient (Wildman–Crippen LogP) is 8.97. The lowest BCUT2D eigenvalue weighted by molar-refractivity contribution is -0.144. The third-order valence-electron chi connectivity index (χ3n) is 9.67. The smallest absolute Gasteiger partial charge is 0.307 e. The number of amides is 1. The van der Waals surface area contributed by atoms with Gasteiger partial charge in [0.05, 0.1) is 12.3 Å². The largest absolute Gasteiger partial charge is 0.494 e. The van der Waals surface area contributed by atoms with E-state index in [9.17, 15) is 9.59 Å². The van der Waals surface area contributed by atoms with E-state index in [0.717, 1.165) is 75.4 Å². The second-order valence-corrected chi connectivity index (χ2v) is 14.1. The molecule has 5 rings (SSSR count). The highest BCUT2D eigenvalue weighted by molar-refractivity contribution is 7.17. The number of anilines is 2. The number of esters is 1. The molecule has 2 aromatic carbocycles. The van der Waals surface area contributed by atoms with Crippen LogP contribution < -0.4 is 14.5 Å². The summed E-state index contributed by atoms with van der Waals surface area (Å²) in [4.78, 5) is 32.0. The molecular formula is C39H55N3O4S. The van der Waals surface area contributed by atoms with Crippen molar-refractivity contribution in [2.45, 2.75) is 103 Å². The lowest BCUT2D eigenvalue weighted by atomic mass is 10.0. The summed E-state index contributed by atoms with van der Waals surface area (Å²) >= 11 is 1.81. The van der Waals surface area contributed by atoms with Gasteiger partial charge in [-0.2, -0.15) is 0 Å². The molecule has 1 fully saturated rings. The molecule has 0 spiro atoms. The maximum atomic E-state index is 12.8.